The number of likely N-dealkylation sites (N-methyl/N-ethyl adjacent to an activating group) is 1. The summed E-state index contributed by atoms with van der Waals surface area (Å²) in [6.07, 6.45) is 3.58. The topological polar surface area (TPSA) is 62.5 Å². The number of carboxylic acid groups (broad SMARTS) is 1. The molecular formula is C11H16N2O3S. The zero-order chi connectivity index (χ0) is 12.8. The maximum Gasteiger partial charge on any atom is 0.352 e. The lowest BCUT2D eigenvalue weighted by atomic mass is 10.4. The van der Waals surface area contributed by atoms with Gasteiger partial charge in [0.2, 0.25) is 5.91 Å². The first kappa shape index (κ1) is 13.6. The van der Waals surface area contributed by atoms with Crippen molar-refractivity contribution >= 4 is 23.6 Å². The van der Waals surface area contributed by atoms with E-state index in [1.54, 1.807) is 36.0 Å². The predicted molar refractivity (Wildman–Crippen MR) is 67.4 cm³/mol. The number of hydrogen-bond donors (Lipinski definition) is 1. The second kappa shape index (κ2) is 6.34. The standard InChI is InChI=1S/C11H16N2O3S/c1-12(6-7-17-2)10(14)8-13-5-3-4-9(13)11(15)16/h3-5H,6-8H2,1-2H3,(H,15,16). The molecule has 0 aliphatic carbocycles. The Hall–Kier alpha value is -1.43. The molecule has 1 heterocycles. The zero-order valence-electron chi connectivity index (χ0n) is 9.92. The van der Waals surface area contributed by atoms with E-state index in [1.165, 1.54) is 10.6 Å². The fourth-order valence-electron chi connectivity index (χ4n) is 1.37. The first-order valence-electron chi connectivity index (χ1n) is 5.17. The summed E-state index contributed by atoms with van der Waals surface area (Å²) >= 11 is 1.67. The highest BCUT2D eigenvalue weighted by Crippen LogP contribution is 2.03. The number of aromatic nitrogens is 1. The summed E-state index contributed by atoms with van der Waals surface area (Å²) in [5, 5.41) is 8.90. The van der Waals surface area contributed by atoms with E-state index in [1.807, 2.05) is 6.26 Å². The Balaban J connectivity index is 2.61. The second-order valence-electron chi connectivity index (χ2n) is 3.63. The molecular weight excluding hydrogens is 240 g/mol. The van der Waals surface area contributed by atoms with Crippen molar-refractivity contribution < 1.29 is 14.7 Å². The maximum absolute atomic E-state index is 11.8. The van der Waals surface area contributed by atoms with Crippen LogP contribution in [0.4, 0.5) is 0 Å². The van der Waals surface area contributed by atoms with Gasteiger partial charge in [0.15, 0.2) is 0 Å². The van der Waals surface area contributed by atoms with Crippen molar-refractivity contribution in [3.63, 3.8) is 0 Å². The van der Waals surface area contributed by atoms with Crippen LogP contribution in [-0.4, -0.2) is 52.1 Å². The van der Waals surface area contributed by atoms with Gasteiger partial charge >= 0.3 is 5.97 Å². The molecule has 1 N–H and O–H groups in total. The van der Waals surface area contributed by atoms with Crippen LogP contribution < -0.4 is 0 Å². The van der Waals surface area contributed by atoms with E-state index in [0.29, 0.717) is 6.54 Å². The summed E-state index contributed by atoms with van der Waals surface area (Å²) in [5.74, 6) is -0.230. The largest absolute Gasteiger partial charge is 0.477 e. The fourth-order valence-corrected chi connectivity index (χ4v) is 1.82. The van der Waals surface area contributed by atoms with Gasteiger partial charge in [-0.3, -0.25) is 4.79 Å². The number of carbonyl (C=O) groups is 2. The lowest BCUT2D eigenvalue weighted by Gasteiger charge is -2.17. The average Bonchev–Trinajstić information content (AvgIpc) is 2.73. The van der Waals surface area contributed by atoms with Gasteiger partial charge in [0.05, 0.1) is 0 Å². The molecule has 0 radical (unpaired) electrons. The fraction of sp³-hybridized carbons (Fsp3) is 0.455. The van der Waals surface area contributed by atoms with Gasteiger partial charge in [0.25, 0.3) is 0 Å². The first-order valence-corrected chi connectivity index (χ1v) is 6.57. The Bertz CT molecular complexity index is 403. The highest BCUT2D eigenvalue weighted by molar-refractivity contribution is 7.98. The Kier molecular flexibility index (Phi) is 5.09. The van der Waals surface area contributed by atoms with E-state index in [4.69, 9.17) is 5.11 Å². The van der Waals surface area contributed by atoms with Crippen molar-refractivity contribution in [3.8, 4) is 0 Å². The Morgan fingerprint density at radius 3 is 2.82 bits per heavy atom. The van der Waals surface area contributed by atoms with Crippen LogP contribution >= 0.6 is 11.8 Å². The maximum atomic E-state index is 11.8. The molecule has 0 aliphatic heterocycles. The van der Waals surface area contributed by atoms with Crippen molar-refractivity contribution in [2.45, 2.75) is 6.54 Å². The lowest BCUT2D eigenvalue weighted by molar-refractivity contribution is -0.130. The van der Waals surface area contributed by atoms with E-state index in [-0.39, 0.29) is 18.1 Å². The van der Waals surface area contributed by atoms with Gasteiger partial charge in [0, 0.05) is 25.5 Å². The zero-order valence-corrected chi connectivity index (χ0v) is 10.7. The van der Waals surface area contributed by atoms with E-state index < -0.39 is 5.97 Å². The van der Waals surface area contributed by atoms with Gasteiger partial charge in [-0.1, -0.05) is 0 Å². The molecule has 0 aliphatic rings. The van der Waals surface area contributed by atoms with E-state index in [9.17, 15) is 9.59 Å². The van der Waals surface area contributed by atoms with Crippen molar-refractivity contribution in [3.05, 3.63) is 24.0 Å². The van der Waals surface area contributed by atoms with Gasteiger partial charge in [0.1, 0.15) is 12.2 Å². The summed E-state index contributed by atoms with van der Waals surface area (Å²) < 4.78 is 1.44. The van der Waals surface area contributed by atoms with Crippen LogP contribution in [0.2, 0.25) is 0 Å². The van der Waals surface area contributed by atoms with Crippen LogP contribution in [0.25, 0.3) is 0 Å². The van der Waals surface area contributed by atoms with Gasteiger partial charge in [-0.25, -0.2) is 4.79 Å². The third kappa shape index (κ3) is 3.81. The minimum atomic E-state index is -1.02. The number of carbonyl (C=O) groups excluding carboxylic acids is 1. The van der Waals surface area contributed by atoms with Crippen molar-refractivity contribution in [1.82, 2.24) is 9.47 Å². The Morgan fingerprint density at radius 1 is 1.53 bits per heavy atom. The normalized spacial score (nSPS) is 10.2. The molecule has 0 atom stereocenters. The summed E-state index contributed by atoms with van der Waals surface area (Å²) in [6.45, 7) is 0.739. The third-order valence-corrected chi connectivity index (χ3v) is 3.00. The smallest absolute Gasteiger partial charge is 0.352 e. The van der Waals surface area contributed by atoms with Gasteiger partial charge in [-0.15, -0.1) is 0 Å². The highest BCUT2D eigenvalue weighted by Gasteiger charge is 2.13. The van der Waals surface area contributed by atoms with Crippen LogP contribution in [0, 0.1) is 0 Å². The number of rotatable bonds is 6. The summed E-state index contributed by atoms with van der Waals surface area (Å²) in [4.78, 5) is 24.3. The molecule has 1 rings (SSSR count). The van der Waals surface area contributed by atoms with Crippen molar-refractivity contribution in [2.24, 2.45) is 0 Å². The molecule has 0 spiro atoms. The Labute approximate surface area is 104 Å². The molecule has 0 unspecified atom stereocenters. The quantitative estimate of drug-likeness (QED) is 0.825. The number of aromatic carboxylic acids is 1. The molecule has 0 saturated carbocycles. The highest BCUT2D eigenvalue weighted by atomic mass is 32.2. The van der Waals surface area contributed by atoms with Crippen LogP contribution in [0.5, 0.6) is 0 Å². The Morgan fingerprint density at radius 2 is 2.24 bits per heavy atom. The minimum absolute atomic E-state index is 0.0690. The first-order chi connectivity index (χ1) is 8.06. The molecule has 94 valence electrons. The molecule has 0 fully saturated rings. The number of nitrogens with zero attached hydrogens (tertiary/aromatic N) is 2. The van der Waals surface area contributed by atoms with Crippen LogP contribution in [0.3, 0.4) is 0 Å². The lowest BCUT2D eigenvalue weighted by Crippen LogP contribution is -2.32. The monoisotopic (exact) mass is 256 g/mol. The van der Waals surface area contributed by atoms with Gasteiger partial charge < -0.3 is 14.6 Å². The molecule has 1 aromatic heterocycles. The average molecular weight is 256 g/mol. The number of hydrogen-bond acceptors (Lipinski definition) is 3. The van der Waals surface area contributed by atoms with Crippen LogP contribution in [0.1, 0.15) is 10.5 Å². The summed E-state index contributed by atoms with van der Waals surface area (Å²) in [5.41, 5.74) is 0.136. The molecule has 5 nitrogen and oxygen atoms in total. The third-order valence-electron chi connectivity index (χ3n) is 2.41. The SMILES string of the molecule is CSCCN(C)C(=O)Cn1cccc1C(=O)O. The summed E-state index contributed by atoms with van der Waals surface area (Å²) in [6, 6.07) is 3.11. The molecule has 0 aromatic carbocycles. The van der Waals surface area contributed by atoms with Gasteiger partial charge in [-0.2, -0.15) is 11.8 Å². The molecule has 1 amide bonds. The second-order valence-corrected chi connectivity index (χ2v) is 4.62. The number of thioether (sulfide) groups is 1. The number of amides is 1. The van der Waals surface area contributed by atoms with Gasteiger partial charge in [-0.05, 0) is 18.4 Å². The molecule has 17 heavy (non-hydrogen) atoms. The van der Waals surface area contributed by atoms with E-state index >= 15 is 0 Å². The molecule has 6 heteroatoms. The predicted octanol–water partition coefficient (Wildman–Crippen LogP) is 1.01. The van der Waals surface area contributed by atoms with Crippen LogP contribution in [-0.2, 0) is 11.3 Å². The van der Waals surface area contributed by atoms with Crippen molar-refractivity contribution in [2.75, 3.05) is 25.6 Å². The molecule has 0 saturated heterocycles. The summed E-state index contributed by atoms with van der Waals surface area (Å²) in [7, 11) is 1.72. The van der Waals surface area contributed by atoms with Crippen molar-refractivity contribution in [1.29, 1.82) is 0 Å². The minimum Gasteiger partial charge on any atom is -0.477 e. The van der Waals surface area contributed by atoms with E-state index in [0.717, 1.165) is 5.75 Å². The molecule has 1 aromatic rings. The molecule has 0 bridgehead atoms. The van der Waals surface area contributed by atoms with E-state index in [2.05, 4.69) is 0 Å². The number of carboxylic acids is 1. The van der Waals surface area contributed by atoms with Crippen LogP contribution in [0.15, 0.2) is 18.3 Å².